The van der Waals surface area contributed by atoms with Crippen LogP contribution in [-0.4, -0.2) is 14.5 Å². The first kappa shape index (κ1) is 11.9. The normalized spacial score (nSPS) is 10.6. The van der Waals surface area contributed by atoms with Crippen LogP contribution < -0.4 is 0 Å². The van der Waals surface area contributed by atoms with Crippen molar-refractivity contribution >= 4 is 11.6 Å². The lowest BCUT2D eigenvalue weighted by Gasteiger charge is -2.11. The molecule has 0 aliphatic rings. The Morgan fingerprint density at radius 3 is 2.79 bits per heavy atom. The van der Waals surface area contributed by atoms with Crippen molar-refractivity contribution in [1.29, 1.82) is 0 Å². The minimum absolute atomic E-state index is 0.753. The Kier molecular flexibility index (Phi) is 3.05. The summed E-state index contributed by atoms with van der Waals surface area (Å²) in [5.41, 5.74) is 3.04. The van der Waals surface area contributed by atoms with Crippen LogP contribution in [0.5, 0.6) is 0 Å². The van der Waals surface area contributed by atoms with E-state index in [1.54, 1.807) is 18.6 Å². The maximum absolute atomic E-state index is 6.18. The van der Waals surface area contributed by atoms with Crippen molar-refractivity contribution in [3.05, 3.63) is 65.7 Å². The highest BCUT2D eigenvalue weighted by molar-refractivity contribution is 6.31. The third kappa shape index (κ3) is 2.13. The Balaban J connectivity index is 2.18. The van der Waals surface area contributed by atoms with Gasteiger partial charge in [0.05, 0.1) is 5.69 Å². The average Bonchev–Trinajstić information content (AvgIpc) is 2.92. The standard InChI is InChI=1S/C15H12ClN3/c1-11-13(16)5-2-6-14(11)19-9-8-18-15(19)12-4-3-7-17-10-12/h2-10H,1H3. The van der Waals surface area contributed by atoms with Gasteiger partial charge in [-0.25, -0.2) is 4.98 Å². The highest BCUT2D eigenvalue weighted by Gasteiger charge is 2.10. The Morgan fingerprint density at radius 1 is 1.11 bits per heavy atom. The van der Waals surface area contributed by atoms with Gasteiger partial charge in [-0.2, -0.15) is 0 Å². The van der Waals surface area contributed by atoms with Crippen molar-refractivity contribution in [2.45, 2.75) is 6.92 Å². The fraction of sp³-hybridized carbons (Fsp3) is 0.0667. The molecule has 1 aromatic carbocycles. The lowest BCUT2D eigenvalue weighted by molar-refractivity contribution is 1.05. The van der Waals surface area contributed by atoms with E-state index in [1.165, 1.54) is 0 Å². The molecule has 0 radical (unpaired) electrons. The van der Waals surface area contributed by atoms with E-state index in [-0.39, 0.29) is 0 Å². The molecular weight excluding hydrogens is 258 g/mol. The first-order valence-corrected chi connectivity index (χ1v) is 6.34. The molecule has 0 saturated heterocycles. The van der Waals surface area contributed by atoms with Crippen LogP contribution in [0.1, 0.15) is 5.56 Å². The van der Waals surface area contributed by atoms with Crippen LogP contribution in [0, 0.1) is 6.92 Å². The predicted octanol–water partition coefficient (Wildman–Crippen LogP) is 3.90. The SMILES string of the molecule is Cc1c(Cl)cccc1-n1ccnc1-c1cccnc1. The lowest BCUT2D eigenvalue weighted by atomic mass is 10.2. The van der Waals surface area contributed by atoms with Crippen LogP contribution >= 0.6 is 11.6 Å². The van der Waals surface area contributed by atoms with Gasteiger partial charge in [0.2, 0.25) is 0 Å². The number of hydrogen-bond acceptors (Lipinski definition) is 2. The highest BCUT2D eigenvalue weighted by Crippen LogP contribution is 2.26. The number of aromatic nitrogens is 3. The van der Waals surface area contributed by atoms with E-state index in [9.17, 15) is 0 Å². The van der Waals surface area contributed by atoms with Gasteiger partial charge in [-0.1, -0.05) is 17.7 Å². The molecule has 0 aliphatic carbocycles. The molecular formula is C15H12ClN3. The smallest absolute Gasteiger partial charge is 0.146 e. The molecule has 0 fully saturated rings. The van der Waals surface area contributed by atoms with Gasteiger partial charge >= 0.3 is 0 Å². The van der Waals surface area contributed by atoms with Gasteiger partial charge in [-0.3, -0.25) is 9.55 Å². The first-order chi connectivity index (χ1) is 9.27. The average molecular weight is 270 g/mol. The van der Waals surface area contributed by atoms with E-state index in [0.29, 0.717) is 0 Å². The number of nitrogens with zero attached hydrogens (tertiary/aromatic N) is 3. The molecule has 94 valence electrons. The summed E-state index contributed by atoms with van der Waals surface area (Å²) in [5.74, 6) is 0.860. The van der Waals surface area contributed by atoms with Gasteiger partial charge in [0.25, 0.3) is 0 Å². The quantitative estimate of drug-likeness (QED) is 0.706. The summed E-state index contributed by atoms with van der Waals surface area (Å²) in [6, 6.07) is 9.76. The first-order valence-electron chi connectivity index (χ1n) is 5.96. The fourth-order valence-electron chi connectivity index (χ4n) is 2.06. The summed E-state index contributed by atoms with van der Waals surface area (Å²) in [7, 11) is 0. The topological polar surface area (TPSA) is 30.7 Å². The predicted molar refractivity (Wildman–Crippen MR) is 76.5 cm³/mol. The minimum Gasteiger partial charge on any atom is -0.299 e. The molecule has 0 saturated carbocycles. The zero-order chi connectivity index (χ0) is 13.2. The van der Waals surface area contributed by atoms with Crippen molar-refractivity contribution in [2.75, 3.05) is 0 Å². The summed E-state index contributed by atoms with van der Waals surface area (Å²) in [4.78, 5) is 8.55. The molecule has 3 aromatic rings. The van der Waals surface area contributed by atoms with E-state index in [0.717, 1.165) is 27.7 Å². The number of halogens is 1. The molecule has 4 heteroatoms. The number of benzene rings is 1. The van der Waals surface area contributed by atoms with Gasteiger partial charge in [0, 0.05) is 35.4 Å². The van der Waals surface area contributed by atoms with Crippen LogP contribution in [-0.2, 0) is 0 Å². The Morgan fingerprint density at radius 2 is 2.00 bits per heavy atom. The van der Waals surface area contributed by atoms with E-state index in [4.69, 9.17) is 11.6 Å². The fourth-order valence-corrected chi connectivity index (χ4v) is 2.23. The second kappa shape index (κ2) is 4.86. The van der Waals surface area contributed by atoms with Gasteiger partial charge in [-0.15, -0.1) is 0 Å². The van der Waals surface area contributed by atoms with Crippen molar-refractivity contribution < 1.29 is 0 Å². The molecule has 3 rings (SSSR count). The molecule has 0 aliphatic heterocycles. The summed E-state index contributed by atoms with van der Waals surface area (Å²) in [6.45, 7) is 2.00. The highest BCUT2D eigenvalue weighted by atomic mass is 35.5. The lowest BCUT2D eigenvalue weighted by Crippen LogP contribution is -1.99. The molecule has 2 heterocycles. The molecule has 0 N–H and O–H groups in total. The summed E-state index contributed by atoms with van der Waals surface area (Å²) >= 11 is 6.18. The van der Waals surface area contributed by atoms with E-state index in [1.807, 2.05) is 48.0 Å². The molecule has 0 amide bonds. The number of hydrogen-bond donors (Lipinski definition) is 0. The van der Waals surface area contributed by atoms with Gasteiger partial charge < -0.3 is 0 Å². The third-order valence-electron chi connectivity index (χ3n) is 3.06. The second-order valence-corrected chi connectivity index (χ2v) is 4.65. The van der Waals surface area contributed by atoms with Crippen LogP contribution in [0.3, 0.4) is 0 Å². The van der Waals surface area contributed by atoms with Crippen molar-refractivity contribution in [3.63, 3.8) is 0 Å². The van der Waals surface area contributed by atoms with E-state index in [2.05, 4.69) is 9.97 Å². The Bertz CT molecular complexity index is 704. The van der Waals surface area contributed by atoms with Crippen LogP contribution in [0.25, 0.3) is 17.1 Å². The Hall–Kier alpha value is -2.13. The maximum Gasteiger partial charge on any atom is 0.146 e. The summed E-state index contributed by atoms with van der Waals surface area (Å²) in [5, 5.41) is 0.753. The maximum atomic E-state index is 6.18. The molecule has 2 aromatic heterocycles. The summed E-state index contributed by atoms with van der Waals surface area (Å²) in [6.07, 6.45) is 7.27. The van der Waals surface area contributed by atoms with Crippen molar-refractivity contribution in [2.24, 2.45) is 0 Å². The van der Waals surface area contributed by atoms with Crippen LogP contribution in [0.4, 0.5) is 0 Å². The molecule has 19 heavy (non-hydrogen) atoms. The number of pyridine rings is 1. The zero-order valence-corrected chi connectivity index (χ0v) is 11.2. The van der Waals surface area contributed by atoms with Crippen molar-refractivity contribution in [3.8, 4) is 17.1 Å². The second-order valence-electron chi connectivity index (χ2n) is 4.25. The third-order valence-corrected chi connectivity index (χ3v) is 3.47. The molecule has 0 unspecified atom stereocenters. The monoisotopic (exact) mass is 269 g/mol. The van der Waals surface area contributed by atoms with Crippen LogP contribution in [0.15, 0.2) is 55.1 Å². The van der Waals surface area contributed by atoms with Gasteiger partial charge in [0.15, 0.2) is 0 Å². The zero-order valence-electron chi connectivity index (χ0n) is 10.4. The van der Waals surface area contributed by atoms with Gasteiger partial charge in [0.1, 0.15) is 5.82 Å². The number of imidazole rings is 1. The van der Waals surface area contributed by atoms with E-state index < -0.39 is 0 Å². The Labute approximate surface area is 116 Å². The molecule has 0 spiro atoms. The van der Waals surface area contributed by atoms with Gasteiger partial charge in [-0.05, 0) is 36.8 Å². The molecule has 0 bridgehead atoms. The molecule has 0 atom stereocenters. The van der Waals surface area contributed by atoms with Crippen molar-refractivity contribution in [1.82, 2.24) is 14.5 Å². The minimum atomic E-state index is 0.753. The molecule has 3 nitrogen and oxygen atoms in total. The summed E-state index contributed by atoms with van der Waals surface area (Å²) < 4.78 is 2.03. The van der Waals surface area contributed by atoms with Crippen LogP contribution in [0.2, 0.25) is 5.02 Å². The largest absolute Gasteiger partial charge is 0.299 e. The number of rotatable bonds is 2. The van der Waals surface area contributed by atoms with E-state index >= 15 is 0 Å².